The minimum absolute atomic E-state index is 0.0620. The van der Waals surface area contributed by atoms with Crippen molar-refractivity contribution in [3.05, 3.63) is 65.2 Å². The summed E-state index contributed by atoms with van der Waals surface area (Å²) in [6.07, 6.45) is 0.896. The third kappa shape index (κ3) is 3.22. The van der Waals surface area contributed by atoms with Gasteiger partial charge in [-0.2, -0.15) is 0 Å². The molecule has 2 aromatic rings. The van der Waals surface area contributed by atoms with E-state index in [9.17, 15) is 9.90 Å². The number of phenolic OH excluding ortho intramolecular Hbond substituents is 1. The molecule has 0 fully saturated rings. The number of aromatic hydroxyl groups is 1. The normalized spacial score (nSPS) is 10.7. The Morgan fingerprint density at radius 3 is 2.37 bits per heavy atom. The number of carbonyl (C=O) groups excluding carboxylic acids is 1. The maximum Gasteiger partial charge on any atom is 0.196 e. The number of benzene rings is 2. The average Bonchev–Trinajstić information content (AvgIpc) is 2.38. The van der Waals surface area contributed by atoms with E-state index < -0.39 is 0 Å². The maximum atomic E-state index is 12.2. The van der Waals surface area contributed by atoms with Crippen molar-refractivity contribution in [1.29, 1.82) is 0 Å². The Morgan fingerprint density at radius 1 is 1.11 bits per heavy atom. The van der Waals surface area contributed by atoms with Crippen LogP contribution in [-0.4, -0.2) is 10.9 Å². The van der Waals surface area contributed by atoms with Gasteiger partial charge < -0.3 is 5.11 Å². The largest absolute Gasteiger partial charge is 0.507 e. The molecular formula is C17H18O2. The summed E-state index contributed by atoms with van der Waals surface area (Å²) in [5.74, 6) is 0.441. The first-order valence-corrected chi connectivity index (χ1v) is 6.49. The molecule has 19 heavy (non-hydrogen) atoms. The highest BCUT2D eigenvalue weighted by atomic mass is 16.3. The molecule has 0 aliphatic heterocycles. The SMILES string of the molecule is CC(C)Cc1ccc(C(=O)c2ccccc2)c(O)c1. The molecule has 0 bridgehead atoms. The van der Waals surface area contributed by atoms with Crippen molar-refractivity contribution in [2.75, 3.05) is 0 Å². The smallest absolute Gasteiger partial charge is 0.196 e. The van der Waals surface area contributed by atoms with Crippen LogP contribution in [0.1, 0.15) is 35.3 Å². The van der Waals surface area contributed by atoms with Gasteiger partial charge in [0, 0.05) is 5.56 Å². The number of phenols is 1. The van der Waals surface area contributed by atoms with Crippen LogP contribution in [0, 0.1) is 5.92 Å². The third-order valence-electron chi connectivity index (χ3n) is 2.99. The molecule has 0 amide bonds. The van der Waals surface area contributed by atoms with Crippen LogP contribution >= 0.6 is 0 Å². The lowest BCUT2D eigenvalue weighted by Crippen LogP contribution is -2.02. The molecule has 2 rings (SSSR count). The number of carbonyl (C=O) groups is 1. The van der Waals surface area contributed by atoms with E-state index in [0.29, 0.717) is 17.0 Å². The van der Waals surface area contributed by atoms with Gasteiger partial charge in [0.05, 0.1) is 5.56 Å². The second-order valence-electron chi connectivity index (χ2n) is 5.14. The van der Waals surface area contributed by atoms with Gasteiger partial charge in [0.15, 0.2) is 5.78 Å². The van der Waals surface area contributed by atoms with E-state index in [2.05, 4.69) is 13.8 Å². The summed E-state index contributed by atoms with van der Waals surface area (Å²) in [7, 11) is 0. The molecule has 0 unspecified atom stereocenters. The van der Waals surface area contributed by atoms with E-state index in [-0.39, 0.29) is 11.5 Å². The standard InChI is InChI=1S/C17H18O2/c1-12(2)10-13-8-9-15(16(18)11-13)17(19)14-6-4-3-5-7-14/h3-9,11-12,18H,10H2,1-2H3. The summed E-state index contributed by atoms with van der Waals surface area (Å²) in [4.78, 5) is 12.2. The molecule has 1 N–H and O–H groups in total. The second kappa shape index (κ2) is 5.70. The Hall–Kier alpha value is -2.09. The fourth-order valence-corrected chi connectivity index (χ4v) is 2.11. The van der Waals surface area contributed by atoms with Crippen LogP contribution in [-0.2, 0) is 6.42 Å². The summed E-state index contributed by atoms with van der Waals surface area (Å²) in [5, 5.41) is 10.0. The zero-order chi connectivity index (χ0) is 13.8. The van der Waals surface area contributed by atoms with Gasteiger partial charge in [0.25, 0.3) is 0 Å². The number of ketones is 1. The average molecular weight is 254 g/mol. The molecule has 2 aromatic carbocycles. The maximum absolute atomic E-state index is 12.2. The zero-order valence-corrected chi connectivity index (χ0v) is 11.3. The highest BCUT2D eigenvalue weighted by Crippen LogP contribution is 2.23. The van der Waals surface area contributed by atoms with Crippen LogP contribution in [0.15, 0.2) is 48.5 Å². The van der Waals surface area contributed by atoms with E-state index in [1.54, 1.807) is 24.3 Å². The molecule has 0 aliphatic carbocycles. The van der Waals surface area contributed by atoms with Gasteiger partial charge in [0.1, 0.15) is 5.75 Å². The lowest BCUT2D eigenvalue weighted by molar-refractivity contribution is 0.103. The van der Waals surface area contributed by atoms with Crippen molar-refractivity contribution >= 4 is 5.78 Å². The summed E-state index contributed by atoms with van der Waals surface area (Å²) in [6.45, 7) is 4.25. The molecule has 2 heteroatoms. The van der Waals surface area contributed by atoms with Crippen molar-refractivity contribution in [3.8, 4) is 5.75 Å². The summed E-state index contributed by atoms with van der Waals surface area (Å²) in [6, 6.07) is 14.3. The Morgan fingerprint density at radius 2 is 1.79 bits per heavy atom. The van der Waals surface area contributed by atoms with E-state index in [1.165, 1.54) is 0 Å². The number of rotatable bonds is 4. The van der Waals surface area contributed by atoms with Crippen molar-refractivity contribution in [1.82, 2.24) is 0 Å². The molecule has 0 aromatic heterocycles. The van der Waals surface area contributed by atoms with Gasteiger partial charge in [0.2, 0.25) is 0 Å². The van der Waals surface area contributed by atoms with Crippen LogP contribution in [0.2, 0.25) is 0 Å². The minimum Gasteiger partial charge on any atom is -0.507 e. The lowest BCUT2D eigenvalue weighted by Gasteiger charge is -2.08. The molecule has 0 atom stereocenters. The van der Waals surface area contributed by atoms with Crippen LogP contribution < -0.4 is 0 Å². The monoisotopic (exact) mass is 254 g/mol. The number of hydrogen-bond donors (Lipinski definition) is 1. The Labute approximate surface area is 113 Å². The predicted molar refractivity (Wildman–Crippen MR) is 76.5 cm³/mol. The molecule has 2 nitrogen and oxygen atoms in total. The molecule has 98 valence electrons. The van der Waals surface area contributed by atoms with E-state index >= 15 is 0 Å². The molecule has 0 saturated carbocycles. The highest BCUT2D eigenvalue weighted by molar-refractivity contribution is 6.10. The number of hydrogen-bond acceptors (Lipinski definition) is 2. The Bertz CT molecular complexity index is 571. The molecule has 0 radical (unpaired) electrons. The topological polar surface area (TPSA) is 37.3 Å². The molecular weight excluding hydrogens is 236 g/mol. The first kappa shape index (κ1) is 13.3. The van der Waals surface area contributed by atoms with Gasteiger partial charge in [-0.05, 0) is 30.0 Å². The molecule has 0 heterocycles. The van der Waals surface area contributed by atoms with Gasteiger partial charge in [-0.25, -0.2) is 0 Å². The molecule has 0 spiro atoms. The fraction of sp³-hybridized carbons (Fsp3) is 0.235. The fourth-order valence-electron chi connectivity index (χ4n) is 2.11. The molecule has 0 aliphatic rings. The second-order valence-corrected chi connectivity index (χ2v) is 5.14. The predicted octanol–water partition coefficient (Wildman–Crippen LogP) is 3.82. The highest BCUT2D eigenvalue weighted by Gasteiger charge is 2.13. The van der Waals surface area contributed by atoms with Crippen molar-refractivity contribution < 1.29 is 9.90 Å². The van der Waals surface area contributed by atoms with Crippen molar-refractivity contribution in [2.24, 2.45) is 5.92 Å². The van der Waals surface area contributed by atoms with Crippen LogP contribution in [0.3, 0.4) is 0 Å². The van der Waals surface area contributed by atoms with Gasteiger partial charge >= 0.3 is 0 Å². The Kier molecular flexibility index (Phi) is 4.00. The quantitative estimate of drug-likeness (QED) is 0.842. The van der Waals surface area contributed by atoms with Crippen LogP contribution in [0.4, 0.5) is 0 Å². The summed E-state index contributed by atoms with van der Waals surface area (Å²) in [5.41, 5.74) is 2.00. The van der Waals surface area contributed by atoms with E-state index in [4.69, 9.17) is 0 Å². The first-order valence-electron chi connectivity index (χ1n) is 6.49. The molecule has 0 saturated heterocycles. The van der Waals surface area contributed by atoms with Crippen molar-refractivity contribution in [2.45, 2.75) is 20.3 Å². The van der Waals surface area contributed by atoms with Gasteiger partial charge in [-0.3, -0.25) is 4.79 Å². The van der Waals surface area contributed by atoms with Crippen LogP contribution in [0.5, 0.6) is 5.75 Å². The van der Waals surface area contributed by atoms with Gasteiger partial charge in [-0.15, -0.1) is 0 Å². The van der Waals surface area contributed by atoms with Gasteiger partial charge in [-0.1, -0.05) is 50.2 Å². The zero-order valence-electron chi connectivity index (χ0n) is 11.3. The summed E-state index contributed by atoms with van der Waals surface area (Å²) < 4.78 is 0. The summed E-state index contributed by atoms with van der Waals surface area (Å²) >= 11 is 0. The third-order valence-corrected chi connectivity index (χ3v) is 2.99. The Balaban J connectivity index is 2.29. The lowest BCUT2D eigenvalue weighted by atomic mass is 9.97. The van der Waals surface area contributed by atoms with Crippen LogP contribution in [0.25, 0.3) is 0 Å². The van der Waals surface area contributed by atoms with Crippen molar-refractivity contribution in [3.63, 3.8) is 0 Å². The first-order chi connectivity index (χ1) is 9.08. The minimum atomic E-state index is -0.144. The van der Waals surface area contributed by atoms with E-state index in [0.717, 1.165) is 12.0 Å². The van der Waals surface area contributed by atoms with E-state index in [1.807, 2.05) is 24.3 Å².